The Hall–Kier alpha value is -2.51. The zero-order chi connectivity index (χ0) is 16.2. The molecule has 0 radical (unpaired) electrons. The van der Waals surface area contributed by atoms with Crippen molar-refractivity contribution in [1.82, 2.24) is 24.5 Å². The number of hydrogen-bond acceptors (Lipinski definition) is 5. The van der Waals surface area contributed by atoms with Crippen molar-refractivity contribution in [2.45, 2.75) is 32.2 Å². The molecule has 1 aliphatic heterocycles. The Kier molecular flexibility index (Phi) is 4.35. The molecule has 124 valence electrons. The first-order chi connectivity index (χ1) is 11.9. The zero-order valence-corrected chi connectivity index (χ0v) is 13.3. The molecule has 1 saturated heterocycles. The molecule has 0 saturated carbocycles. The van der Waals surface area contributed by atoms with E-state index in [-0.39, 0.29) is 6.29 Å². The third kappa shape index (κ3) is 3.37. The van der Waals surface area contributed by atoms with Crippen LogP contribution < -0.4 is 0 Å². The highest BCUT2D eigenvalue weighted by Gasteiger charge is 2.15. The van der Waals surface area contributed by atoms with Crippen LogP contribution in [0, 0.1) is 0 Å². The number of pyridine rings is 1. The first kappa shape index (κ1) is 15.0. The normalized spacial score (nSPS) is 17.9. The average molecular weight is 325 g/mol. The molecule has 1 unspecified atom stereocenters. The van der Waals surface area contributed by atoms with E-state index in [2.05, 4.69) is 15.2 Å². The van der Waals surface area contributed by atoms with E-state index < -0.39 is 0 Å². The minimum absolute atomic E-state index is 0.117. The smallest absolute Gasteiger partial charge is 0.158 e. The molecule has 4 heterocycles. The summed E-state index contributed by atoms with van der Waals surface area (Å²) in [5, 5.41) is 8.52. The molecule has 7 nitrogen and oxygen atoms in total. The minimum Gasteiger partial charge on any atom is -0.353 e. The number of ether oxygens (including phenoxy) is 2. The molecule has 0 aromatic carbocycles. The van der Waals surface area contributed by atoms with Crippen LogP contribution >= 0.6 is 0 Å². The summed E-state index contributed by atoms with van der Waals surface area (Å²) < 4.78 is 15.0. The molecule has 0 N–H and O–H groups in total. The maximum atomic E-state index is 5.90. The lowest BCUT2D eigenvalue weighted by molar-refractivity contribution is -0.168. The monoisotopic (exact) mass is 325 g/mol. The van der Waals surface area contributed by atoms with Gasteiger partial charge in [-0.05, 0) is 49.1 Å². The first-order valence-electron chi connectivity index (χ1n) is 8.13. The Morgan fingerprint density at radius 3 is 2.29 bits per heavy atom. The summed E-state index contributed by atoms with van der Waals surface area (Å²) in [6, 6.07) is 7.69. The molecule has 0 aliphatic carbocycles. The van der Waals surface area contributed by atoms with Crippen LogP contribution in [0.25, 0.3) is 11.6 Å². The lowest BCUT2D eigenvalue weighted by Crippen LogP contribution is -2.22. The molecule has 24 heavy (non-hydrogen) atoms. The predicted molar refractivity (Wildman–Crippen MR) is 86.9 cm³/mol. The van der Waals surface area contributed by atoms with Crippen molar-refractivity contribution < 1.29 is 9.47 Å². The fraction of sp³-hybridized carbons (Fsp3) is 0.353. The quantitative estimate of drug-likeness (QED) is 0.721. The highest BCUT2D eigenvalue weighted by molar-refractivity contribution is 5.36. The Balaban J connectivity index is 1.60. The van der Waals surface area contributed by atoms with Gasteiger partial charge in [-0.2, -0.15) is 10.2 Å². The van der Waals surface area contributed by atoms with Gasteiger partial charge in [-0.25, -0.2) is 14.3 Å². The summed E-state index contributed by atoms with van der Waals surface area (Å²) in [6.07, 6.45) is 10.3. The van der Waals surface area contributed by atoms with E-state index in [0.29, 0.717) is 6.61 Å². The van der Waals surface area contributed by atoms with Crippen molar-refractivity contribution in [2.24, 2.45) is 0 Å². The van der Waals surface area contributed by atoms with Gasteiger partial charge in [0.2, 0.25) is 0 Å². The second-order valence-electron chi connectivity index (χ2n) is 5.70. The van der Waals surface area contributed by atoms with Gasteiger partial charge in [0.15, 0.2) is 17.9 Å². The van der Waals surface area contributed by atoms with E-state index in [9.17, 15) is 0 Å². The van der Waals surface area contributed by atoms with Crippen LogP contribution in [0.3, 0.4) is 0 Å². The number of aromatic nitrogens is 5. The van der Waals surface area contributed by atoms with Crippen LogP contribution in [-0.2, 0) is 16.1 Å². The van der Waals surface area contributed by atoms with Crippen LogP contribution in [0.15, 0.2) is 49.1 Å². The SMILES string of the molecule is c1cnn(-c2cc(COC3CCCCO3)cc(-n3cccn3)n2)c1. The van der Waals surface area contributed by atoms with E-state index in [4.69, 9.17) is 9.47 Å². The fourth-order valence-corrected chi connectivity index (χ4v) is 2.71. The standard InChI is InChI=1S/C17H19N5O2/c1-2-10-23-17(5-1)24-13-14-11-15(21-8-3-6-18-21)20-16(12-14)22-9-4-7-19-22/h3-4,6-9,11-12,17H,1-2,5,10,13H2. The Morgan fingerprint density at radius 1 is 1.04 bits per heavy atom. The molecular formula is C17H19N5O2. The van der Waals surface area contributed by atoms with Gasteiger partial charge in [0.25, 0.3) is 0 Å². The summed E-state index contributed by atoms with van der Waals surface area (Å²) in [7, 11) is 0. The van der Waals surface area contributed by atoms with E-state index >= 15 is 0 Å². The summed E-state index contributed by atoms with van der Waals surface area (Å²) >= 11 is 0. The third-order valence-electron chi connectivity index (χ3n) is 3.91. The van der Waals surface area contributed by atoms with Crippen molar-refractivity contribution in [3.05, 3.63) is 54.6 Å². The van der Waals surface area contributed by atoms with Crippen molar-refractivity contribution in [1.29, 1.82) is 0 Å². The Bertz CT molecular complexity index is 712. The van der Waals surface area contributed by atoms with Crippen LogP contribution in [0.4, 0.5) is 0 Å². The maximum absolute atomic E-state index is 5.90. The van der Waals surface area contributed by atoms with Crippen molar-refractivity contribution >= 4 is 0 Å². The van der Waals surface area contributed by atoms with Crippen molar-refractivity contribution in [3.63, 3.8) is 0 Å². The molecule has 3 aromatic rings. The van der Waals surface area contributed by atoms with Crippen molar-refractivity contribution in [2.75, 3.05) is 6.61 Å². The van der Waals surface area contributed by atoms with Gasteiger partial charge in [0.1, 0.15) is 0 Å². The van der Waals surface area contributed by atoms with E-state index in [0.717, 1.165) is 43.1 Å². The lowest BCUT2D eigenvalue weighted by Gasteiger charge is -2.22. The predicted octanol–water partition coefficient (Wildman–Crippen LogP) is 2.50. The molecule has 0 amide bonds. The highest BCUT2D eigenvalue weighted by Crippen LogP contribution is 2.18. The van der Waals surface area contributed by atoms with Gasteiger partial charge in [0, 0.05) is 31.4 Å². The summed E-state index contributed by atoms with van der Waals surface area (Å²) in [4.78, 5) is 4.63. The molecule has 4 rings (SSSR count). The van der Waals surface area contributed by atoms with Crippen LogP contribution in [-0.4, -0.2) is 37.4 Å². The van der Waals surface area contributed by atoms with Gasteiger partial charge in [-0.15, -0.1) is 0 Å². The molecule has 1 aliphatic rings. The fourth-order valence-electron chi connectivity index (χ4n) is 2.71. The molecule has 0 bridgehead atoms. The topological polar surface area (TPSA) is 67.0 Å². The van der Waals surface area contributed by atoms with Crippen LogP contribution in [0.5, 0.6) is 0 Å². The summed E-state index contributed by atoms with van der Waals surface area (Å²) in [5.74, 6) is 1.47. The summed E-state index contributed by atoms with van der Waals surface area (Å²) in [6.45, 7) is 1.24. The van der Waals surface area contributed by atoms with Gasteiger partial charge in [0.05, 0.1) is 6.61 Å². The van der Waals surface area contributed by atoms with Crippen molar-refractivity contribution in [3.8, 4) is 11.6 Å². The molecule has 3 aromatic heterocycles. The first-order valence-corrected chi connectivity index (χ1v) is 8.13. The van der Waals surface area contributed by atoms with E-state index in [1.54, 1.807) is 21.8 Å². The van der Waals surface area contributed by atoms with Gasteiger partial charge >= 0.3 is 0 Å². The van der Waals surface area contributed by atoms with Crippen LogP contribution in [0.1, 0.15) is 24.8 Å². The number of rotatable bonds is 5. The average Bonchev–Trinajstić information content (AvgIpc) is 3.34. The number of hydrogen-bond donors (Lipinski definition) is 0. The lowest BCUT2D eigenvalue weighted by atomic mass is 10.2. The summed E-state index contributed by atoms with van der Waals surface area (Å²) in [5.41, 5.74) is 1.01. The molecule has 1 fully saturated rings. The maximum Gasteiger partial charge on any atom is 0.158 e. The Labute approximate surface area is 139 Å². The van der Waals surface area contributed by atoms with Crippen LogP contribution in [0.2, 0.25) is 0 Å². The molecule has 1 atom stereocenters. The zero-order valence-electron chi connectivity index (χ0n) is 13.3. The third-order valence-corrected chi connectivity index (χ3v) is 3.91. The second kappa shape index (κ2) is 6.94. The van der Waals surface area contributed by atoms with E-state index in [1.807, 2.05) is 36.7 Å². The second-order valence-corrected chi connectivity index (χ2v) is 5.70. The molecule has 0 spiro atoms. The van der Waals surface area contributed by atoms with E-state index in [1.165, 1.54) is 0 Å². The highest BCUT2D eigenvalue weighted by atomic mass is 16.7. The largest absolute Gasteiger partial charge is 0.353 e. The van der Waals surface area contributed by atoms with Gasteiger partial charge in [-0.1, -0.05) is 0 Å². The van der Waals surface area contributed by atoms with Gasteiger partial charge < -0.3 is 9.47 Å². The Morgan fingerprint density at radius 2 is 1.75 bits per heavy atom. The molecule has 7 heteroatoms. The minimum atomic E-state index is -0.117. The molecular weight excluding hydrogens is 306 g/mol. The number of nitrogens with zero attached hydrogens (tertiary/aromatic N) is 5. The van der Waals surface area contributed by atoms with Gasteiger partial charge in [-0.3, -0.25) is 0 Å².